The largest absolute Gasteiger partial charge is 0.508 e. The second-order valence-electron chi connectivity index (χ2n) is 6.28. The number of anilines is 1. The maximum atomic E-state index is 12.5. The molecule has 1 amide bonds. The molecule has 0 unspecified atom stereocenters. The first-order chi connectivity index (χ1) is 13.8. The molecule has 2 aromatic carbocycles. The van der Waals surface area contributed by atoms with E-state index in [2.05, 4.69) is 21.2 Å². The minimum absolute atomic E-state index is 0.0790. The van der Waals surface area contributed by atoms with E-state index < -0.39 is 24.1 Å². The lowest BCUT2D eigenvalue weighted by Gasteiger charge is -2.23. The van der Waals surface area contributed by atoms with Gasteiger partial charge in [-0.2, -0.15) is 0 Å². The summed E-state index contributed by atoms with van der Waals surface area (Å²) in [4.78, 5) is 23.4. The number of carbonyl (C=O) groups excluding carboxylic acids is 1. The summed E-state index contributed by atoms with van der Waals surface area (Å²) >= 11 is 3.32. The fourth-order valence-electron chi connectivity index (χ4n) is 2.78. The first kappa shape index (κ1) is 20.5. The first-order valence-electron chi connectivity index (χ1n) is 8.60. The fourth-order valence-corrected chi connectivity index (χ4v) is 3.16. The number of carboxylic acid groups (broad SMARTS) is 1. The van der Waals surface area contributed by atoms with Gasteiger partial charge in [-0.05, 0) is 30.3 Å². The van der Waals surface area contributed by atoms with Crippen molar-refractivity contribution < 1.29 is 34.0 Å². The summed E-state index contributed by atoms with van der Waals surface area (Å²) in [6, 6.07) is 9.60. The monoisotopic (exact) mass is 463 g/mol. The van der Waals surface area contributed by atoms with Crippen LogP contribution in [-0.4, -0.2) is 29.1 Å². The number of aliphatic carboxylic acids is 1. The molecule has 29 heavy (non-hydrogen) atoms. The third-order valence-electron chi connectivity index (χ3n) is 4.17. The smallest absolute Gasteiger partial charge is 0.412 e. The third kappa shape index (κ3) is 5.20. The van der Waals surface area contributed by atoms with Gasteiger partial charge < -0.3 is 24.4 Å². The Balaban J connectivity index is 1.81. The minimum Gasteiger partial charge on any atom is -0.508 e. The first-order valence-corrected chi connectivity index (χ1v) is 9.39. The average molecular weight is 464 g/mol. The quantitative estimate of drug-likeness (QED) is 0.542. The molecule has 0 saturated heterocycles. The summed E-state index contributed by atoms with van der Waals surface area (Å²) in [6.45, 7) is 1.79. The van der Waals surface area contributed by atoms with Gasteiger partial charge in [0, 0.05) is 33.8 Å². The number of fused-ring (bicyclic) bond motifs is 1. The van der Waals surface area contributed by atoms with Crippen LogP contribution in [-0.2, 0) is 9.53 Å². The summed E-state index contributed by atoms with van der Waals surface area (Å²) in [7, 11) is 0. The zero-order valence-electron chi connectivity index (χ0n) is 15.3. The molecule has 8 nitrogen and oxygen atoms in total. The number of hydrogen-bond acceptors (Lipinski definition) is 6. The van der Waals surface area contributed by atoms with Gasteiger partial charge in [0.1, 0.15) is 11.9 Å². The van der Waals surface area contributed by atoms with E-state index in [1.165, 1.54) is 12.1 Å². The highest BCUT2D eigenvalue weighted by molar-refractivity contribution is 9.10. The van der Waals surface area contributed by atoms with Crippen molar-refractivity contribution in [2.45, 2.75) is 13.0 Å². The topological polar surface area (TPSA) is 114 Å². The molecule has 1 aliphatic heterocycles. The number of carboxylic acids is 1. The number of carbonyl (C=O) groups is 2. The van der Waals surface area contributed by atoms with Crippen LogP contribution in [0.25, 0.3) is 0 Å². The van der Waals surface area contributed by atoms with Gasteiger partial charge in [0.15, 0.2) is 11.5 Å². The highest BCUT2D eigenvalue weighted by Gasteiger charge is 2.26. The number of aromatic hydroxyl groups is 1. The maximum Gasteiger partial charge on any atom is 0.412 e. The molecule has 3 N–H and O–H groups in total. The molecule has 0 saturated carbocycles. The van der Waals surface area contributed by atoms with E-state index in [1.54, 1.807) is 37.3 Å². The number of hydrogen-bond donors (Lipinski definition) is 3. The van der Waals surface area contributed by atoms with Gasteiger partial charge in [-0.15, -0.1) is 0 Å². The zero-order chi connectivity index (χ0) is 21.0. The lowest BCUT2D eigenvalue weighted by atomic mass is 9.96. The predicted octanol–water partition coefficient (Wildman–Crippen LogP) is 4.45. The van der Waals surface area contributed by atoms with Crippen LogP contribution in [0.1, 0.15) is 18.6 Å². The van der Waals surface area contributed by atoms with Gasteiger partial charge in [0.2, 0.25) is 6.79 Å². The highest BCUT2D eigenvalue weighted by atomic mass is 79.9. The Morgan fingerprint density at radius 1 is 1.21 bits per heavy atom. The number of ether oxygens (including phenoxy) is 3. The van der Waals surface area contributed by atoms with Gasteiger partial charge in [-0.3, -0.25) is 5.32 Å². The Hall–Kier alpha value is -3.20. The molecule has 2 aromatic rings. The van der Waals surface area contributed by atoms with E-state index in [4.69, 9.17) is 19.3 Å². The third-order valence-corrected chi connectivity index (χ3v) is 4.66. The van der Waals surface area contributed by atoms with Gasteiger partial charge in [0.05, 0.1) is 0 Å². The highest BCUT2D eigenvalue weighted by Crippen LogP contribution is 2.37. The van der Waals surface area contributed by atoms with Crippen LogP contribution in [0.2, 0.25) is 0 Å². The summed E-state index contributed by atoms with van der Waals surface area (Å²) in [5, 5.41) is 21.7. The van der Waals surface area contributed by atoms with Crippen LogP contribution in [0.4, 0.5) is 10.5 Å². The average Bonchev–Trinajstić information content (AvgIpc) is 3.14. The van der Waals surface area contributed by atoms with Gasteiger partial charge in [-0.25, -0.2) is 9.59 Å². The van der Waals surface area contributed by atoms with Crippen molar-refractivity contribution in [2.24, 2.45) is 5.92 Å². The number of halogens is 1. The molecule has 1 heterocycles. The zero-order valence-corrected chi connectivity index (χ0v) is 16.9. The number of rotatable bonds is 6. The molecule has 0 aliphatic carbocycles. The number of amides is 1. The summed E-state index contributed by atoms with van der Waals surface area (Å²) in [5.41, 5.74) is 0.771. The molecule has 9 heteroatoms. The van der Waals surface area contributed by atoms with Crippen molar-refractivity contribution in [3.8, 4) is 17.2 Å². The Morgan fingerprint density at radius 2 is 1.97 bits per heavy atom. The summed E-state index contributed by atoms with van der Waals surface area (Å²) in [6.07, 6.45) is 0.647. The molecule has 0 spiro atoms. The second-order valence-corrected chi connectivity index (χ2v) is 7.19. The lowest BCUT2D eigenvalue weighted by molar-refractivity contribution is -0.131. The van der Waals surface area contributed by atoms with Crippen LogP contribution in [0.3, 0.4) is 0 Å². The van der Waals surface area contributed by atoms with Crippen molar-refractivity contribution in [3.63, 3.8) is 0 Å². The molecular weight excluding hydrogens is 446 g/mol. The van der Waals surface area contributed by atoms with E-state index in [0.717, 1.165) is 6.08 Å². The number of nitrogens with one attached hydrogen (secondary N) is 1. The van der Waals surface area contributed by atoms with Gasteiger partial charge >= 0.3 is 12.1 Å². The normalized spacial score (nSPS) is 14.4. The number of benzene rings is 2. The molecule has 1 aliphatic rings. The van der Waals surface area contributed by atoms with E-state index in [9.17, 15) is 14.7 Å². The second kappa shape index (κ2) is 8.87. The minimum atomic E-state index is -1.13. The Bertz CT molecular complexity index is 960. The maximum absolute atomic E-state index is 12.5. The predicted molar refractivity (Wildman–Crippen MR) is 107 cm³/mol. The lowest BCUT2D eigenvalue weighted by Crippen LogP contribution is -2.21. The summed E-state index contributed by atoms with van der Waals surface area (Å²) < 4.78 is 16.7. The van der Waals surface area contributed by atoms with Crippen LogP contribution in [0.15, 0.2) is 53.0 Å². The van der Waals surface area contributed by atoms with E-state index in [-0.39, 0.29) is 12.5 Å². The molecule has 2 atom stereocenters. The molecular formula is C20H18BrNO7. The van der Waals surface area contributed by atoms with Gasteiger partial charge in [-0.1, -0.05) is 28.9 Å². The van der Waals surface area contributed by atoms with E-state index >= 15 is 0 Å². The Morgan fingerprint density at radius 3 is 2.72 bits per heavy atom. The fraction of sp³-hybridized carbons (Fsp3) is 0.200. The van der Waals surface area contributed by atoms with Crippen molar-refractivity contribution in [2.75, 3.05) is 12.1 Å². The Kier molecular flexibility index (Phi) is 6.28. The van der Waals surface area contributed by atoms with Crippen LogP contribution in [0.5, 0.6) is 17.2 Å². The molecule has 0 aromatic heterocycles. The molecule has 0 fully saturated rings. The van der Waals surface area contributed by atoms with Crippen molar-refractivity contribution >= 4 is 33.7 Å². The molecule has 3 rings (SSSR count). The van der Waals surface area contributed by atoms with Crippen molar-refractivity contribution in [1.29, 1.82) is 0 Å². The molecule has 152 valence electrons. The number of phenols is 1. The van der Waals surface area contributed by atoms with Crippen molar-refractivity contribution in [3.05, 3.63) is 58.6 Å². The van der Waals surface area contributed by atoms with Gasteiger partial charge in [0.25, 0.3) is 0 Å². The summed E-state index contributed by atoms with van der Waals surface area (Å²) in [5.74, 6) is -0.660. The number of phenolic OH excluding ortho intramolecular Hbond substituents is 1. The van der Waals surface area contributed by atoms with Crippen molar-refractivity contribution in [1.82, 2.24) is 0 Å². The molecule has 0 bridgehead atoms. The SMILES string of the molecule is C[C@@H](/C=C/C(=O)O)[C@@H](OC(=O)Nc1ccc2c(c1)OCO2)c1cc(Br)ccc1O. The van der Waals surface area contributed by atoms with Crippen LogP contribution in [0, 0.1) is 5.92 Å². The standard InChI is InChI=1S/C20H18BrNO7/c1-11(2-7-18(24)25)19(14-8-12(21)3-5-15(14)23)29-20(26)22-13-4-6-16-17(9-13)28-10-27-16/h2-9,11,19,23H,10H2,1H3,(H,22,26)(H,24,25)/b7-2+/t11-,19+/m0/s1. The molecule has 0 radical (unpaired) electrons. The van der Waals surface area contributed by atoms with E-state index in [0.29, 0.717) is 27.2 Å². The van der Waals surface area contributed by atoms with Crippen LogP contribution < -0.4 is 14.8 Å². The van der Waals surface area contributed by atoms with Crippen LogP contribution >= 0.6 is 15.9 Å². The Labute approximate surface area is 174 Å². The van der Waals surface area contributed by atoms with E-state index in [1.807, 2.05) is 0 Å².